The number of aliphatic hydroxyl groups excluding tert-OH is 1. The summed E-state index contributed by atoms with van der Waals surface area (Å²) in [5.41, 5.74) is 8.56. The van der Waals surface area contributed by atoms with Crippen LogP contribution in [-0.2, 0) is 6.61 Å². The third kappa shape index (κ3) is 3.87. The Balaban J connectivity index is 1.95. The molecule has 27 heavy (non-hydrogen) atoms. The summed E-state index contributed by atoms with van der Waals surface area (Å²) in [4.78, 5) is 11.5. The highest BCUT2D eigenvalue weighted by atomic mass is 35.5. The first kappa shape index (κ1) is 20.2. The minimum Gasteiger partial charge on any atom is -0.390 e. The molecule has 0 bridgehead atoms. The molecule has 1 atom stereocenters. The molecule has 1 aliphatic rings. The van der Waals surface area contributed by atoms with Gasteiger partial charge in [0.15, 0.2) is 11.0 Å². The van der Waals surface area contributed by atoms with Gasteiger partial charge in [-0.1, -0.05) is 30.1 Å². The van der Waals surface area contributed by atoms with Crippen molar-refractivity contribution in [1.29, 1.82) is 0 Å². The number of aliphatic hydroxyl groups is 1. The molecular weight excluding hydrogens is 387 g/mol. The van der Waals surface area contributed by atoms with Crippen molar-refractivity contribution in [2.24, 2.45) is 11.1 Å². The van der Waals surface area contributed by atoms with Crippen LogP contribution in [0, 0.1) is 12.3 Å². The van der Waals surface area contributed by atoms with Crippen LogP contribution in [0.3, 0.4) is 0 Å². The van der Waals surface area contributed by atoms with Crippen LogP contribution in [0.5, 0.6) is 0 Å². The van der Waals surface area contributed by atoms with E-state index in [4.69, 9.17) is 33.9 Å². The van der Waals surface area contributed by atoms with E-state index in [9.17, 15) is 5.11 Å². The molecule has 0 amide bonds. The molecule has 1 aliphatic heterocycles. The van der Waals surface area contributed by atoms with Crippen molar-refractivity contribution in [2.75, 3.05) is 18.0 Å². The number of rotatable bonds is 4. The topological polar surface area (TPSA) is 101 Å². The Labute approximate surface area is 168 Å². The zero-order valence-corrected chi connectivity index (χ0v) is 17.2. The second kappa shape index (κ2) is 7.83. The Morgan fingerprint density at radius 1 is 1.30 bits per heavy atom. The van der Waals surface area contributed by atoms with Gasteiger partial charge in [-0.25, -0.2) is 9.97 Å². The number of aryl methyl sites for hydroxylation is 1. The molecule has 3 heterocycles. The summed E-state index contributed by atoms with van der Waals surface area (Å²) < 4.78 is 0. The van der Waals surface area contributed by atoms with Gasteiger partial charge in [0.25, 0.3) is 0 Å². The van der Waals surface area contributed by atoms with Crippen molar-refractivity contribution in [3.8, 4) is 11.3 Å². The van der Waals surface area contributed by atoms with Gasteiger partial charge in [-0.2, -0.15) is 5.10 Å². The highest BCUT2D eigenvalue weighted by molar-refractivity contribution is 6.42. The monoisotopic (exact) mass is 410 g/mol. The Morgan fingerprint density at radius 2 is 1.96 bits per heavy atom. The molecule has 0 radical (unpaired) electrons. The van der Waals surface area contributed by atoms with Crippen molar-refractivity contribution in [1.82, 2.24) is 20.2 Å². The maximum Gasteiger partial charge on any atom is 0.170 e. The van der Waals surface area contributed by atoms with Crippen LogP contribution < -0.4 is 10.6 Å². The largest absolute Gasteiger partial charge is 0.390 e. The minimum atomic E-state index is -0.222. The van der Waals surface area contributed by atoms with E-state index in [0.29, 0.717) is 28.5 Å². The highest BCUT2D eigenvalue weighted by Crippen LogP contribution is 2.37. The number of piperidine rings is 1. The van der Waals surface area contributed by atoms with Crippen LogP contribution >= 0.6 is 23.2 Å². The van der Waals surface area contributed by atoms with E-state index >= 15 is 0 Å². The standard InChI is InChI=1S/C18H24Cl2N6O/c1-10-15(12-8-22-25-16(20)14(12)19)24-13(9-27)17(23-10)26-6-4-18(3,5-7-26)11(2)21/h8,11,27H,4-7,9,21H2,1-3H3/t11-/m0/s1. The molecule has 1 fully saturated rings. The van der Waals surface area contributed by atoms with E-state index in [-0.39, 0.29) is 28.2 Å². The van der Waals surface area contributed by atoms with E-state index < -0.39 is 0 Å². The Hall–Kier alpha value is -1.54. The van der Waals surface area contributed by atoms with Gasteiger partial charge in [-0.15, -0.1) is 5.10 Å². The average molecular weight is 411 g/mol. The number of nitrogens with two attached hydrogens (primary N) is 1. The Bertz CT molecular complexity index is 837. The van der Waals surface area contributed by atoms with Crippen molar-refractivity contribution in [3.63, 3.8) is 0 Å². The average Bonchev–Trinajstić information content (AvgIpc) is 2.64. The lowest BCUT2D eigenvalue weighted by molar-refractivity contribution is 0.204. The summed E-state index contributed by atoms with van der Waals surface area (Å²) in [6.07, 6.45) is 3.43. The van der Waals surface area contributed by atoms with Gasteiger partial charge >= 0.3 is 0 Å². The van der Waals surface area contributed by atoms with Crippen LogP contribution in [0.4, 0.5) is 5.82 Å². The Morgan fingerprint density at radius 3 is 2.56 bits per heavy atom. The summed E-state index contributed by atoms with van der Waals surface area (Å²) in [5.74, 6) is 0.703. The summed E-state index contributed by atoms with van der Waals surface area (Å²) in [6, 6.07) is 0.137. The van der Waals surface area contributed by atoms with Crippen molar-refractivity contribution < 1.29 is 5.11 Å². The molecule has 0 spiro atoms. The zero-order valence-electron chi connectivity index (χ0n) is 15.7. The van der Waals surface area contributed by atoms with Crippen LogP contribution in [0.2, 0.25) is 10.2 Å². The fourth-order valence-electron chi connectivity index (χ4n) is 3.36. The number of halogens is 2. The predicted octanol–water partition coefficient (Wildman–Crippen LogP) is 2.99. The summed E-state index contributed by atoms with van der Waals surface area (Å²) in [5, 5.41) is 17.8. The van der Waals surface area contributed by atoms with Crippen molar-refractivity contribution in [3.05, 3.63) is 27.8 Å². The molecule has 146 valence electrons. The third-order valence-corrected chi connectivity index (χ3v) is 6.32. The summed E-state index contributed by atoms with van der Waals surface area (Å²) in [7, 11) is 0. The van der Waals surface area contributed by atoms with Gasteiger partial charge in [0.2, 0.25) is 0 Å². The van der Waals surface area contributed by atoms with E-state index in [0.717, 1.165) is 25.9 Å². The first-order valence-corrected chi connectivity index (χ1v) is 9.68. The molecule has 3 rings (SSSR count). The maximum absolute atomic E-state index is 9.89. The van der Waals surface area contributed by atoms with Crippen LogP contribution in [-0.4, -0.2) is 44.4 Å². The first-order valence-electron chi connectivity index (χ1n) is 8.93. The van der Waals surface area contributed by atoms with E-state index in [1.807, 2.05) is 6.92 Å². The molecule has 0 unspecified atom stereocenters. The molecule has 1 saturated heterocycles. The molecule has 0 saturated carbocycles. The van der Waals surface area contributed by atoms with Gasteiger partial charge in [0.1, 0.15) is 5.69 Å². The van der Waals surface area contributed by atoms with Gasteiger partial charge in [-0.3, -0.25) is 0 Å². The lowest BCUT2D eigenvalue weighted by Gasteiger charge is -2.42. The molecule has 0 aromatic carbocycles. The first-order chi connectivity index (χ1) is 12.8. The van der Waals surface area contributed by atoms with Gasteiger partial charge in [0, 0.05) is 24.7 Å². The summed E-state index contributed by atoms with van der Waals surface area (Å²) >= 11 is 12.2. The fourth-order valence-corrected chi connectivity index (χ4v) is 3.68. The third-order valence-electron chi connectivity index (χ3n) is 5.58. The molecule has 0 aliphatic carbocycles. The SMILES string of the molecule is Cc1nc(N2CCC(C)([C@H](C)N)CC2)c(CO)nc1-c1cnnc(Cl)c1Cl. The molecular formula is C18H24Cl2N6O. The van der Waals surface area contributed by atoms with Crippen LogP contribution in [0.15, 0.2) is 6.20 Å². The van der Waals surface area contributed by atoms with Crippen molar-refractivity contribution in [2.45, 2.75) is 46.3 Å². The number of hydrogen-bond donors (Lipinski definition) is 2. The smallest absolute Gasteiger partial charge is 0.170 e. The second-order valence-electron chi connectivity index (χ2n) is 7.38. The summed E-state index contributed by atoms with van der Waals surface area (Å²) in [6.45, 7) is 7.56. The van der Waals surface area contributed by atoms with Gasteiger partial charge in [-0.05, 0) is 32.1 Å². The van der Waals surface area contributed by atoms with Gasteiger partial charge in [0.05, 0.1) is 29.2 Å². The van der Waals surface area contributed by atoms with Crippen LogP contribution in [0.25, 0.3) is 11.3 Å². The van der Waals surface area contributed by atoms with Gasteiger partial charge < -0.3 is 15.7 Å². The van der Waals surface area contributed by atoms with Crippen molar-refractivity contribution >= 4 is 29.0 Å². The lowest BCUT2D eigenvalue weighted by atomic mass is 9.75. The zero-order chi connectivity index (χ0) is 19.8. The second-order valence-corrected chi connectivity index (χ2v) is 8.11. The number of hydrogen-bond acceptors (Lipinski definition) is 7. The molecule has 9 heteroatoms. The quantitative estimate of drug-likeness (QED) is 0.798. The maximum atomic E-state index is 9.89. The molecule has 3 N–H and O–H groups in total. The lowest BCUT2D eigenvalue weighted by Crippen LogP contribution is -2.47. The highest BCUT2D eigenvalue weighted by Gasteiger charge is 2.34. The van der Waals surface area contributed by atoms with Crippen LogP contribution in [0.1, 0.15) is 38.1 Å². The number of nitrogens with zero attached hydrogens (tertiary/aromatic N) is 5. The minimum absolute atomic E-state index is 0.108. The molecule has 7 nitrogen and oxygen atoms in total. The molecule has 2 aromatic rings. The van der Waals surface area contributed by atoms with E-state index in [2.05, 4.69) is 33.9 Å². The van der Waals surface area contributed by atoms with E-state index in [1.165, 1.54) is 6.20 Å². The molecule has 2 aromatic heterocycles. The predicted molar refractivity (Wildman–Crippen MR) is 107 cm³/mol. The normalized spacial score (nSPS) is 17.8. The van der Waals surface area contributed by atoms with E-state index in [1.54, 1.807) is 0 Å². The number of anilines is 1. The number of aromatic nitrogens is 4. The fraction of sp³-hybridized carbons (Fsp3) is 0.556. The Kier molecular flexibility index (Phi) is 5.86.